The van der Waals surface area contributed by atoms with Crippen molar-refractivity contribution in [2.75, 3.05) is 0 Å². The van der Waals surface area contributed by atoms with E-state index in [1.165, 1.54) is 16.7 Å². The van der Waals surface area contributed by atoms with Crippen molar-refractivity contribution >= 4 is 11.1 Å². The van der Waals surface area contributed by atoms with Gasteiger partial charge in [-0.3, -0.25) is 0 Å². The van der Waals surface area contributed by atoms with Crippen LogP contribution in [0.1, 0.15) is 38.8 Å². The Kier molecular flexibility index (Phi) is 3.90. The maximum absolute atomic E-state index is 4.03. The third kappa shape index (κ3) is 2.59. The predicted octanol–water partition coefficient (Wildman–Crippen LogP) is 4.78. The van der Waals surface area contributed by atoms with Gasteiger partial charge < -0.3 is 0 Å². The average Bonchev–Trinajstić information content (AvgIpc) is 2.18. The number of hydrogen-bond donors (Lipinski definition) is 0. The standard InChI is InChI=1S/C15H20/c1-6-13(11(2)3)15-10-8-7-9-14(15)12(4)5/h6-11H,4H2,1-3,5H3/b13-6-. The minimum absolute atomic E-state index is 0.551. The van der Waals surface area contributed by atoms with E-state index in [9.17, 15) is 0 Å². The lowest BCUT2D eigenvalue weighted by Gasteiger charge is -2.15. The van der Waals surface area contributed by atoms with Gasteiger partial charge in [0.2, 0.25) is 0 Å². The van der Waals surface area contributed by atoms with Gasteiger partial charge in [0.05, 0.1) is 0 Å². The van der Waals surface area contributed by atoms with Crippen LogP contribution in [0.4, 0.5) is 0 Å². The Balaban J connectivity index is 3.30. The van der Waals surface area contributed by atoms with E-state index < -0.39 is 0 Å². The summed E-state index contributed by atoms with van der Waals surface area (Å²) in [5.41, 5.74) is 5.11. The van der Waals surface area contributed by atoms with Gasteiger partial charge in [0, 0.05) is 0 Å². The molecule has 1 aromatic carbocycles. The lowest BCUT2D eigenvalue weighted by Crippen LogP contribution is -1.97. The lowest BCUT2D eigenvalue weighted by molar-refractivity contribution is 0.853. The highest BCUT2D eigenvalue weighted by atomic mass is 14.1. The Labute approximate surface area is 93.3 Å². The summed E-state index contributed by atoms with van der Waals surface area (Å²) in [6.07, 6.45) is 2.20. The Morgan fingerprint density at radius 3 is 2.13 bits per heavy atom. The van der Waals surface area contributed by atoms with Gasteiger partial charge in [-0.2, -0.15) is 0 Å². The molecular formula is C15H20. The number of allylic oxidation sites excluding steroid dienone is 3. The zero-order valence-corrected chi connectivity index (χ0v) is 10.2. The Morgan fingerprint density at radius 2 is 1.73 bits per heavy atom. The van der Waals surface area contributed by atoms with E-state index in [-0.39, 0.29) is 0 Å². The molecule has 0 heterocycles. The first-order valence-electron chi connectivity index (χ1n) is 5.49. The van der Waals surface area contributed by atoms with Crippen molar-refractivity contribution in [1.29, 1.82) is 0 Å². The summed E-state index contributed by atoms with van der Waals surface area (Å²) in [6.45, 7) is 12.7. The van der Waals surface area contributed by atoms with Crippen molar-refractivity contribution in [3.8, 4) is 0 Å². The van der Waals surface area contributed by atoms with E-state index in [1.807, 2.05) is 0 Å². The van der Waals surface area contributed by atoms with Crippen molar-refractivity contribution in [3.63, 3.8) is 0 Å². The topological polar surface area (TPSA) is 0 Å². The third-order valence-corrected chi connectivity index (χ3v) is 2.63. The molecule has 1 aromatic rings. The predicted molar refractivity (Wildman–Crippen MR) is 69.6 cm³/mol. The Morgan fingerprint density at radius 1 is 1.20 bits per heavy atom. The van der Waals surface area contributed by atoms with E-state index in [2.05, 4.69) is 64.6 Å². The van der Waals surface area contributed by atoms with Crippen LogP contribution in [-0.2, 0) is 0 Å². The number of rotatable bonds is 3. The molecule has 0 unspecified atom stereocenters. The molecule has 0 saturated carbocycles. The molecule has 0 aliphatic heterocycles. The first-order valence-corrected chi connectivity index (χ1v) is 5.49. The Bertz CT molecular complexity index is 381. The molecule has 80 valence electrons. The minimum atomic E-state index is 0.551. The summed E-state index contributed by atoms with van der Waals surface area (Å²) in [6, 6.07) is 8.48. The average molecular weight is 200 g/mol. The van der Waals surface area contributed by atoms with Gasteiger partial charge in [0.1, 0.15) is 0 Å². The van der Waals surface area contributed by atoms with Crippen LogP contribution in [0, 0.1) is 5.92 Å². The first kappa shape index (κ1) is 11.8. The molecule has 15 heavy (non-hydrogen) atoms. The van der Waals surface area contributed by atoms with Gasteiger partial charge in [-0.05, 0) is 36.5 Å². The smallest absolute Gasteiger partial charge is 0.0150 e. The second-order valence-corrected chi connectivity index (χ2v) is 4.22. The second-order valence-electron chi connectivity index (χ2n) is 4.22. The molecule has 0 nitrogen and oxygen atoms in total. The molecule has 0 aromatic heterocycles. The van der Waals surface area contributed by atoms with Gasteiger partial charge in [-0.15, -0.1) is 0 Å². The van der Waals surface area contributed by atoms with Crippen LogP contribution >= 0.6 is 0 Å². The van der Waals surface area contributed by atoms with Crippen LogP contribution in [-0.4, -0.2) is 0 Å². The number of hydrogen-bond acceptors (Lipinski definition) is 0. The highest BCUT2D eigenvalue weighted by Gasteiger charge is 2.09. The van der Waals surface area contributed by atoms with E-state index in [1.54, 1.807) is 0 Å². The fourth-order valence-corrected chi connectivity index (χ4v) is 1.91. The highest BCUT2D eigenvalue weighted by molar-refractivity contribution is 5.78. The van der Waals surface area contributed by atoms with Crippen LogP contribution in [0.15, 0.2) is 36.9 Å². The molecule has 0 atom stereocenters. The molecule has 0 heteroatoms. The second kappa shape index (κ2) is 4.97. The first-order chi connectivity index (χ1) is 7.07. The highest BCUT2D eigenvalue weighted by Crippen LogP contribution is 2.29. The van der Waals surface area contributed by atoms with Crippen molar-refractivity contribution in [2.24, 2.45) is 5.92 Å². The molecule has 0 amide bonds. The molecule has 0 aliphatic carbocycles. The van der Waals surface area contributed by atoms with Gasteiger partial charge in [0.15, 0.2) is 0 Å². The van der Waals surface area contributed by atoms with Crippen molar-refractivity contribution in [2.45, 2.75) is 27.7 Å². The molecule has 0 fully saturated rings. The fourth-order valence-electron chi connectivity index (χ4n) is 1.91. The van der Waals surface area contributed by atoms with Gasteiger partial charge in [-0.1, -0.05) is 56.3 Å². The Hall–Kier alpha value is -1.30. The van der Waals surface area contributed by atoms with Crippen LogP contribution in [0.5, 0.6) is 0 Å². The van der Waals surface area contributed by atoms with Crippen molar-refractivity contribution in [3.05, 3.63) is 48.0 Å². The summed E-state index contributed by atoms with van der Waals surface area (Å²) < 4.78 is 0. The maximum atomic E-state index is 4.03. The molecule has 0 aliphatic rings. The normalized spacial score (nSPS) is 11.9. The van der Waals surface area contributed by atoms with Crippen LogP contribution in [0.2, 0.25) is 0 Å². The van der Waals surface area contributed by atoms with E-state index in [0.29, 0.717) is 5.92 Å². The molecule has 0 bridgehead atoms. The fraction of sp³-hybridized carbons (Fsp3) is 0.333. The summed E-state index contributed by atoms with van der Waals surface area (Å²) in [5, 5.41) is 0. The molecule has 0 N–H and O–H groups in total. The summed E-state index contributed by atoms with van der Waals surface area (Å²) in [4.78, 5) is 0. The van der Waals surface area contributed by atoms with E-state index in [0.717, 1.165) is 5.57 Å². The zero-order chi connectivity index (χ0) is 11.4. The largest absolute Gasteiger partial charge is 0.0955 e. The summed E-state index contributed by atoms with van der Waals surface area (Å²) in [7, 11) is 0. The van der Waals surface area contributed by atoms with Crippen LogP contribution < -0.4 is 0 Å². The summed E-state index contributed by atoms with van der Waals surface area (Å²) >= 11 is 0. The van der Waals surface area contributed by atoms with E-state index in [4.69, 9.17) is 0 Å². The monoisotopic (exact) mass is 200 g/mol. The van der Waals surface area contributed by atoms with Gasteiger partial charge in [0.25, 0.3) is 0 Å². The molecule has 0 spiro atoms. The van der Waals surface area contributed by atoms with Crippen molar-refractivity contribution in [1.82, 2.24) is 0 Å². The van der Waals surface area contributed by atoms with Gasteiger partial charge in [-0.25, -0.2) is 0 Å². The van der Waals surface area contributed by atoms with Gasteiger partial charge >= 0.3 is 0 Å². The maximum Gasteiger partial charge on any atom is -0.0150 e. The van der Waals surface area contributed by atoms with Crippen LogP contribution in [0.25, 0.3) is 11.1 Å². The van der Waals surface area contributed by atoms with E-state index >= 15 is 0 Å². The quantitative estimate of drug-likeness (QED) is 0.658. The summed E-state index contributed by atoms with van der Waals surface area (Å²) in [5.74, 6) is 0.551. The molecule has 1 rings (SSSR count). The van der Waals surface area contributed by atoms with Crippen LogP contribution in [0.3, 0.4) is 0 Å². The van der Waals surface area contributed by atoms with Crippen molar-refractivity contribution < 1.29 is 0 Å². The number of benzene rings is 1. The minimum Gasteiger partial charge on any atom is -0.0955 e. The molecular weight excluding hydrogens is 180 g/mol. The lowest BCUT2D eigenvalue weighted by atomic mass is 9.89. The SMILES string of the molecule is C=C(C)c1ccccc1/C(=C\C)C(C)C. The molecule has 0 saturated heterocycles. The third-order valence-electron chi connectivity index (χ3n) is 2.63. The molecule has 0 radical (unpaired) electrons. The zero-order valence-electron chi connectivity index (χ0n) is 10.2.